The van der Waals surface area contributed by atoms with Gasteiger partial charge in [-0.25, -0.2) is 10.8 Å². The number of nitrogens with two attached hydrogens (primary N) is 2. The Morgan fingerprint density at radius 2 is 2.08 bits per heavy atom. The second kappa shape index (κ2) is 7.35. The van der Waals surface area contributed by atoms with Gasteiger partial charge in [0.1, 0.15) is 0 Å². The van der Waals surface area contributed by atoms with Crippen molar-refractivity contribution in [3.05, 3.63) is 41.9 Å². The van der Waals surface area contributed by atoms with Crippen LogP contribution in [0.2, 0.25) is 0 Å². The highest BCUT2D eigenvalue weighted by atomic mass is 15.4. The Hall–Kier alpha value is -2.87. The zero-order chi connectivity index (χ0) is 17.8. The van der Waals surface area contributed by atoms with Crippen LogP contribution in [-0.4, -0.2) is 28.8 Å². The van der Waals surface area contributed by atoms with E-state index in [4.69, 9.17) is 17.0 Å². The highest BCUT2D eigenvalue weighted by Crippen LogP contribution is 2.26. The first-order valence-electron chi connectivity index (χ1n) is 8.38. The van der Waals surface area contributed by atoms with Gasteiger partial charge in [0.2, 0.25) is 5.95 Å². The van der Waals surface area contributed by atoms with Crippen molar-refractivity contribution in [2.24, 2.45) is 5.84 Å². The van der Waals surface area contributed by atoms with E-state index < -0.39 is 0 Å². The Morgan fingerprint density at radius 1 is 1.32 bits per heavy atom. The number of nitrogens with zero attached hydrogens (tertiary/aromatic N) is 3. The topological polar surface area (TPSA) is 129 Å². The number of hydrazine groups is 1. The SMILES string of the molecule is CN/C=C1/C=C(N(N)c2nc(NC3CCCC3)ncc2N)C=CC1=N. The summed E-state index contributed by atoms with van der Waals surface area (Å²) < 4.78 is 0. The molecule has 1 saturated carbocycles. The van der Waals surface area contributed by atoms with Gasteiger partial charge in [0.15, 0.2) is 5.82 Å². The lowest BCUT2D eigenvalue weighted by Gasteiger charge is -2.23. The van der Waals surface area contributed by atoms with Crippen LogP contribution in [0.4, 0.5) is 17.5 Å². The number of nitrogens with one attached hydrogen (secondary N) is 3. The van der Waals surface area contributed by atoms with Gasteiger partial charge < -0.3 is 21.8 Å². The molecule has 0 radical (unpaired) electrons. The minimum Gasteiger partial charge on any atom is -0.394 e. The van der Waals surface area contributed by atoms with Crippen molar-refractivity contribution in [1.82, 2.24) is 15.3 Å². The largest absolute Gasteiger partial charge is 0.394 e. The Balaban J connectivity index is 1.84. The molecule has 0 bridgehead atoms. The van der Waals surface area contributed by atoms with Crippen molar-refractivity contribution in [3.63, 3.8) is 0 Å². The second-order valence-electron chi connectivity index (χ2n) is 6.17. The number of nitrogen functional groups attached to an aromatic ring is 1. The fourth-order valence-electron chi connectivity index (χ4n) is 2.99. The molecule has 8 nitrogen and oxygen atoms in total. The molecule has 1 aromatic heterocycles. The summed E-state index contributed by atoms with van der Waals surface area (Å²) >= 11 is 0. The van der Waals surface area contributed by atoms with Gasteiger partial charge in [0, 0.05) is 24.9 Å². The number of aromatic nitrogens is 2. The van der Waals surface area contributed by atoms with E-state index in [9.17, 15) is 0 Å². The van der Waals surface area contributed by atoms with Gasteiger partial charge in [0.25, 0.3) is 0 Å². The van der Waals surface area contributed by atoms with Crippen molar-refractivity contribution in [3.8, 4) is 0 Å². The van der Waals surface area contributed by atoms with Crippen molar-refractivity contribution < 1.29 is 0 Å². The summed E-state index contributed by atoms with van der Waals surface area (Å²) in [6, 6.07) is 0.405. The van der Waals surface area contributed by atoms with E-state index >= 15 is 0 Å². The van der Waals surface area contributed by atoms with Crippen LogP contribution in [0.1, 0.15) is 25.7 Å². The van der Waals surface area contributed by atoms with Crippen molar-refractivity contribution >= 4 is 23.2 Å². The summed E-state index contributed by atoms with van der Waals surface area (Å²) in [5.41, 5.74) is 8.25. The van der Waals surface area contributed by atoms with E-state index in [1.165, 1.54) is 17.9 Å². The fourth-order valence-corrected chi connectivity index (χ4v) is 2.99. The molecule has 1 heterocycles. The summed E-state index contributed by atoms with van der Waals surface area (Å²) in [6.07, 6.45) is 13.3. The molecule has 0 atom stereocenters. The zero-order valence-electron chi connectivity index (χ0n) is 14.3. The maximum absolute atomic E-state index is 7.93. The molecule has 1 fully saturated rings. The summed E-state index contributed by atoms with van der Waals surface area (Å²) in [5, 5.41) is 15.6. The van der Waals surface area contributed by atoms with Gasteiger partial charge in [-0.3, -0.25) is 5.01 Å². The zero-order valence-corrected chi connectivity index (χ0v) is 14.3. The Bertz CT molecular complexity index is 743. The molecule has 0 aliphatic heterocycles. The predicted molar refractivity (Wildman–Crippen MR) is 101 cm³/mol. The van der Waals surface area contributed by atoms with E-state index in [0.717, 1.165) is 18.4 Å². The Labute approximate surface area is 147 Å². The third kappa shape index (κ3) is 3.80. The van der Waals surface area contributed by atoms with Crippen molar-refractivity contribution in [2.75, 3.05) is 23.1 Å². The first-order valence-corrected chi connectivity index (χ1v) is 8.38. The van der Waals surface area contributed by atoms with Crippen LogP contribution in [0, 0.1) is 5.41 Å². The molecule has 0 aromatic carbocycles. The van der Waals surface area contributed by atoms with E-state index in [-0.39, 0.29) is 0 Å². The summed E-state index contributed by atoms with van der Waals surface area (Å²) in [7, 11) is 1.79. The minimum atomic E-state index is 0.397. The Morgan fingerprint density at radius 3 is 2.80 bits per heavy atom. The molecule has 3 rings (SSSR count). The molecular weight excluding hydrogens is 316 g/mol. The van der Waals surface area contributed by atoms with Crippen molar-refractivity contribution in [2.45, 2.75) is 31.7 Å². The number of hydrogen-bond donors (Lipinski definition) is 5. The molecule has 25 heavy (non-hydrogen) atoms. The number of anilines is 3. The maximum Gasteiger partial charge on any atom is 0.225 e. The van der Waals surface area contributed by atoms with Crippen LogP contribution in [0.5, 0.6) is 0 Å². The first-order chi connectivity index (χ1) is 12.1. The standard InChI is InChI=1S/C17H24N8/c1-21-9-11-8-13(6-7-14(11)18)25(20)16-15(19)10-22-17(24-16)23-12-4-2-3-5-12/h6-10,12,18,21H,2-5,19-20H2,1H3,(H,22,23,24)/b11-9-,18-14?. The first kappa shape index (κ1) is 17.0. The van der Waals surface area contributed by atoms with E-state index in [1.54, 1.807) is 31.6 Å². The Kier molecular flexibility index (Phi) is 4.99. The molecule has 0 unspecified atom stereocenters. The molecular formula is C17H24N8. The molecule has 7 N–H and O–H groups in total. The van der Waals surface area contributed by atoms with Gasteiger partial charge in [0.05, 0.1) is 23.3 Å². The van der Waals surface area contributed by atoms with Gasteiger partial charge in [-0.2, -0.15) is 4.98 Å². The van der Waals surface area contributed by atoms with Crippen LogP contribution in [-0.2, 0) is 0 Å². The molecule has 1 aromatic rings. The summed E-state index contributed by atoms with van der Waals surface area (Å²) in [5.74, 6) is 7.22. The minimum absolute atomic E-state index is 0.397. The van der Waals surface area contributed by atoms with Crippen LogP contribution in [0.25, 0.3) is 0 Å². The van der Waals surface area contributed by atoms with Gasteiger partial charge in [-0.15, -0.1) is 0 Å². The van der Waals surface area contributed by atoms with Crippen LogP contribution in [0.3, 0.4) is 0 Å². The monoisotopic (exact) mass is 340 g/mol. The van der Waals surface area contributed by atoms with Crippen LogP contribution in [0.15, 0.2) is 41.9 Å². The summed E-state index contributed by atoms with van der Waals surface area (Å²) in [4.78, 5) is 8.76. The number of allylic oxidation sites excluding steroid dienone is 4. The van der Waals surface area contributed by atoms with Gasteiger partial charge in [-0.1, -0.05) is 12.8 Å². The van der Waals surface area contributed by atoms with Crippen LogP contribution < -0.4 is 27.2 Å². The fraction of sp³-hybridized carbons (Fsp3) is 0.353. The quantitative estimate of drug-likeness (QED) is 0.407. The number of hydrogen-bond acceptors (Lipinski definition) is 8. The lowest BCUT2D eigenvalue weighted by atomic mass is 10.0. The highest BCUT2D eigenvalue weighted by molar-refractivity contribution is 6.10. The molecule has 2 aliphatic rings. The molecule has 0 saturated heterocycles. The van der Waals surface area contributed by atoms with Gasteiger partial charge >= 0.3 is 0 Å². The average Bonchev–Trinajstić information content (AvgIpc) is 3.11. The maximum atomic E-state index is 7.93. The molecule has 0 amide bonds. The summed E-state index contributed by atoms with van der Waals surface area (Å²) in [6.45, 7) is 0. The normalized spacial score (nSPS) is 19.2. The molecule has 132 valence electrons. The predicted octanol–water partition coefficient (Wildman–Crippen LogP) is 1.67. The van der Waals surface area contributed by atoms with E-state index in [2.05, 4.69) is 20.6 Å². The molecule has 0 spiro atoms. The lowest BCUT2D eigenvalue weighted by Crippen LogP contribution is -2.32. The lowest BCUT2D eigenvalue weighted by molar-refractivity contribution is 0.743. The molecule has 2 aliphatic carbocycles. The number of rotatable bonds is 5. The second-order valence-corrected chi connectivity index (χ2v) is 6.17. The van der Waals surface area contributed by atoms with E-state index in [0.29, 0.717) is 34.9 Å². The smallest absolute Gasteiger partial charge is 0.225 e. The van der Waals surface area contributed by atoms with Crippen LogP contribution >= 0.6 is 0 Å². The van der Waals surface area contributed by atoms with E-state index in [1.807, 2.05) is 6.08 Å². The molecule has 8 heteroatoms. The third-order valence-electron chi connectivity index (χ3n) is 4.33. The highest BCUT2D eigenvalue weighted by Gasteiger charge is 2.19. The average molecular weight is 340 g/mol. The van der Waals surface area contributed by atoms with Crippen molar-refractivity contribution in [1.29, 1.82) is 5.41 Å². The third-order valence-corrected chi connectivity index (χ3v) is 4.33. The van der Waals surface area contributed by atoms with Gasteiger partial charge in [-0.05, 0) is 31.1 Å².